The van der Waals surface area contributed by atoms with Crippen LogP contribution in [0.2, 0.25) is 0 Å². The van der Waals surface area contributed by atoms with Crippen LogP contribution in [0.3, 0.4) is 0 Å². The van der Waals surface area contributed by atoms with Crippen LogP contribution < -0.4 is 0 Å². The first-order valence-electron chi connectivity index (χ1n) is 3.03. The third kappa shape index (κ3) is 4.67. The first kappa shape index (κ1) is 9.81. The van der Waals surface area contributed by atoms with E-state index in [1.54, 1.807) is 6.92 Å². The average Bonchev–Trinajstić information content (AvgIpc) is 1.82. The minimum atomic E-state index is -0.849. The Hall–Kier alpha value is -0.190. The molecule has 0 heterocycles. The van der Waals surface area contributed by atoms with E-state index in [1.807, 2.05) is 0 Å². The van der Waals surface area contributed by atoms with Crippen LogP contribution in [-0.4, -0.2) is 34.1 Å². The van der Waals surface area contributed by atoms with E-state index in [2.05, 4.69) is 12.2 Å². The highest BCUT2D eigenvalue weighted by atomic mass is 32.1. The minimum Gasteiger partial charge on any atom is -0.485 e. The second-order valence-electron chi connectivity index (χ2n) is 2.11. The largest absolute Gasteiger partial charge is 0.485 e. The van der Waals surface area contributed by atoms with Crippen LogP contribution >= 0.6 is 12.2 Å². The lowest BCUT2D eigenvalue weighted by Gasteiger charge is -2.13. The van der Waals surface area contributed by atoms with Gasteiger partial charge >= 0.3 is 0 Å². The summed E-state index contributed by atoms with van der Waals surface area (Å²) in [4.78, 5) is 0. The first-order chi connectivity index (χ1) is 4.54. The molecule has 0 aromatic carbocycles. The van der Waals surface area contributed by atoms with E-state index in [4.69, 9.17) is 14.9 Å². The summed E-state index contributed by atoms with van der Waals surface area (Å²) in [5, 5.41) is 18.1. The number of ether oxygens (including phenoxy) is 1. The predicted octanol–water partition coefficient (Wildman–Crippen LogP) is 0.0920. The van der Waals surface area contributed by atoms with E-state index in [0.717, 1.165) is 0 Å². The Bertz CT molecular complexity index is 114. The highest BCUT2D eigenvalue weighted by Gasteiger charge is 2.10. The summed E-state index contributed by atoms with van der Waals surface area (Å²) < 4.78 is 4.79. The van der Waals surface area contributed by atoms with Gasteiger partial charge in [-0.05, 0) is 19.1 Å². The molecule has 60 valence electrons. The topological polar surface area (TPSA) is 49.7 Å². The molecule has 0 aliphatic heterocycles. The van der Waals surface area contributed by atoms with Crippen LogP contribution in [0, 0.1) is 0 Å². The molecule has 0 fully saturated rings. The van der Waals surface area contributed by atoms with Crippen LogP contribution in [-0.2, 0) is 4.74 Å². The molecule has 0 unspecified atom stereocenters. The molecule has 0 bridgehead atoms. The molecule has 10 heavy (non-hydrogen) atoms. The lowest BCUT2D eigenvalue weighted by Crippen LogP contribution is -2.28. The van der Waals surface area contributed by atoms with Gasteiger partial charge in [-0.3, -0.25) is 0 Å². The Morgan fingerprint density at radius 3 is 2.40 bits per heavy atom. The van der Waals surface area contributed by atoms with Crippen molar-refractivity contribution in [1.82, 2.24) is 0 Å². The lowest BCUT2D eigenvalue weighted by atomic mass is 10.2. The summed E-state index contributed by atoms with van der Waals surface area (Å²) in [6, 6.07) is 0. The van der Waals surface area contributed by atoms with Gasteiger partial charge in [0, 0.05) is 6.92 Å². The van der Waals surface area contributed by atoms with Crippen molar-refractivity contribution in [2.45, 2.75) is 26.1 Å². The van der Waals surface area contributed by atoms with E-state index in [9.17, 15) is 0 Å². The van der Waals surface area contributed by atoms with E-state index < -0.39 is 12.2 Å². The van der Waals surface area contributed by atoms with E-state index in [1.165, 1.54) is 6.92 Å². The monoisotopic (exact) mass is 164 g/mol. The maximum absolute atomic E-state index is 8.94. The van der Waals surface area contributed by atoms with Gasteiger partial charge in [-0.2, -0.15) is 0 Å². The molecule has 0 amide bonds. The molecule has 0 saturated carbocycles. The second kappa shape index (κ2) is 4.60. The van der Waals surface area contributed by atoms with Gasteiger partial charge in [-0.15, -0.1) is 0 Å². The standard InChI is InChI=1S/C6H12O3S/c1-4(7)6(8)3-9-5(2)10/h4,6-8H,3H2,1-2H3/t4-,6-/m1/s1. The zero-order chi connectivity index (χ0) is 8.15. The van der Waals surface area contributed by atoms with Crippen molar-refractivity contribution in [1.29, 1.82) is 0 Å². The lowest BCUT2D eigenvalue weighted by molar-refractivity contribution is -0.0000288. The Balaban J connectivity index is 3.39. The molecule has 0 radical (unpaired) electrons. The first-order valence-corrected chi connectivity index (χ1v) is 3.44. The highest BCUT2D eigenvalue weighted by Crippen LogP contribution is 1.93. The quantitative estimate of drug-likeness (QED) is 0.580. The molecule has 0 aliphatic carbocycles. The number of aliphatic hydroxyl groups excluding tert-OH is 2. The van der Waals surface area contributed by atoms with Gasteiger partial charge in [0.1, 0.15) is 12.7 Å². The summed E-state index contributed by atoms with van der Waals surface area (Å²) in [5.74, 6) is 0. The summed E-state index contributed by atoms with van der Waals surface area (Å²) in [5.41, 5.74) is 0. The summed E-state index contributed by atoms with van der Waals surface area (Å²) in [6.45, 7) is 3.17. The fraction of sp³-hybridized carbons (Fsp3) is 0.833. The van der Waals surface area contributed by atoms with Crippen molar-refractivity contribution in [3.05, 3.63) is 0 Å². The molecule has 0 rings (SSSR count). The molecule has 0 aliphatic rings. The number of rotatable bonds is 3. The molecule has 0 aromatic rings. The van der Waals surface area contributed by atoms with Crippen molar-refractivity contribution in [3.8, 4) is 0 Å². The number of aliphatic hydroxyl groups is 2. The van der Waals surface area contributed by atoms with Gasteiger partial charge < -0.3 is 14.9 Å². The van der Waals surface area contributed by atoms with Crippen molar-refractivity contribution in [3.63, 3.8) is 0 Å². The van der Waals surface area contributed by atoms with Gasteiger partial charge in [0.2, 0.25) is 0 Å². The fourth-order valence-electron chi connectivity index (χ4n) is 0.342. The number of thiocarbonyl (C=S) groups is 1. The fourth-order valence-corrected chi connectivity index (χ4v) is 0.410. The molecular formula is C6H12O3S. The Labute approximate surface area is 65.6 Å². The second-order valence-corrected chi connectivity index (χ2v) is 2.69. The zero-order valence-corrected chi connectivity index (χ0v) is 6.89. The van der Waals surface area contributed by atoms with Crippen LogP contribution in [0.4, 0.5) is 0 Å². The van der Waals surface area contributed by atoms with Gasteiger partial charge in [0.15, 0.2) is 5.05 Å². The van der Waals surface area contributed by atoms with Crippen LogP contribution in [0.5, 0.6) is 0 Å². The number of hydrogen-bond acceptors (Lipinski definition) is 4. The average molecular weight is 164 g/mol. The maximum Gasteiger partial charge on any atom is 0.156 e. The molecule has 0 saturated heterocycles. The molecular weight excluding hydrogens is 152 g/mol. The SMILES string of the molecule is CC(=S)OC[C@@H](O)[C@@H](C)O. The number of hydrogen-bond donors (Lipinski definition) is 2. The summed E-state index contributed by atoms with van der Waals surface area (Å²) in [7, 11) is 0. The zero-order valence-electron chi connectivity index (χ0n) is 6.07. The normalized spacial score (nSPS) is 16.0. The van der Waals surface area contributed by atoms with Crippen molar-refractivity contribution in [2.24, 2.45) is 0 Å². The van der Waals surface area contributed by atoms with Crippen LogP contribution in [0.15, 0.2) is 0 Å². The van der Waals surface area contributed by atoms with Gasteiger partial charge in [0.05, 0.1) is 6.10 Å². The van der Waals surface area contributed by atoms with Gasteiger partial charge in [-0.1, -0.05) is 0 Å². The maximum atomic E-state index is 8.94. The Morgan fingerprint density at radius 1 is 1.60 bits per heavy atom. The van der Waals surface area contributed by atoms with E-state index in [0.29, 0.717) is 5.05 Å². The molecule has 2 atom stereocenters. The van der Waals surface area contributed by atoms with E-state index in [-0.39, 0.29) is 6.61 Å². The molecule has 3 nitrogen and oxygen atoms in total. The summed E-state index contributed by atoms with van der Waals surface area (Å²) in [6.07, 6.45) is -1.62. The van der Waals surface area contributed by atoms with Gasteiger partial charge in [0.25, 0.3) is 0 Å². The minimum absolute atomic E-state index is 0.0625. The molecule has 0 spiro atoms. The van der Waals surface area contributed by atoms with Crippen molar-refractivity contribution >= 4 is 17.3 Å². The smallest absolute Gasteiger partial charge is 0.156 e. The third-order valence-corrected chi connectivity index (χ3v) is 1.13. The molecule has 2 N–H and O–H groups in total. The third-order valence-electron chi connectivity index (χ3n) is 1.01. The van der Waals surface area contributed by atoms with Crippen LogP contribution in [0.1, 0.15) is 13.8 Å². The van der Waals surface area contributed by atoms with Crippen LogP contribution in [0.25, 0.3) is 0 Å². The van der Waals surface area contributed by atoms with Crippen molar-refractivity contribution in [2.75, 3.05) is 6.61 Å². The summed E-state index contributed by atoms with van der Waals surface area (Å²) >= 11 is 4.59. The molecule has 4 heteroatoms. The van der Waals surface area contributed by atoms with Gasteiger partial charge in [-0.25, -0.2) is 0 Å². The predicted molar refractivity (Wildman–Crippen MR) is 41.9 cm³/mol. The Morgan fingerprint density at radius 2 is 2.10 bits per heavy atom. The Kier molecular flexibility index (Phi) is 4.51. The molecule has 0 aromatic heterocycles. The van der Waals surface area contributed by atoms with E-state index >= 15 is 0 Å². The van der Waals surface area contributed by atoms with Crippen molar-refractivity contribution < 1.29 is 14.9 Å². The highest BCUT2D eigenvalue weighted by molar-refractivity contribution is 7.80.